The molecule has 2 heterocycles. The Hall–Kier alpha value is -3.07. The Morgan fingerprint density at radius 1 is 1.00 bits per heavy atom. The van der Waals surface area contributed by atoms with Crippen LogP contribution in [0.1, 0.15) is 5.56 Å². The standard InChI is InChI=1S/C22H15FIN5/c23-16-3-1-2-14(8-16)12-29-21-7-5-18(9-15(21)11-27-29)28-22-19-10-17(24)4-6-20(19)25-13-26-22/h1-11,13H,12H2,(H,25,26,28). The molecule has 0 atom stereocenters. The van der Waals surface area contributed by atoms with E-state index in [1.807, 2.05) is 47.3 Å². The average Bonchev–Trinajstić information content (AvgIpc) is 3.10. The van der Waals surface area contributed by atoms with E-state index in [1.165, 1.54) is 12.1 Å². The Morgan fingerprint density at radius 2 is 1.93 bits per heavy atom. The molecule has 29 heavy (non-hydrogen) atoms. The van der Waals surface area contributed by atoms with E-state index in [0.717, 1.165) is 42.4 Å². The summed E-state index contributed by atoms with van der Waals surface area (Å²) < 4.78 is 16.5. The summed E-state index contributed by atoms with van der Waals surface area (Å²) >= 11 is 2.28. The molecule has 0 saturated heterocycles. The highest BCUT2D eigenvalue weighted by molar-refractivity contribution is 14.1. The highest BCUT2D eigenvalue weighted by Crippen LogP contribution is 2.27. The molecule has 0 aliphatic rings. The molecule has 0 saturated carbocycles. The van der Waals surface area contributed by atoms with Gasteiger partial charge < -0.3 is 5.32 Å². The molecule has 0 aliphatic heterocycles. The number of nitrogens with one attached hydrogen (secondary N) is 1. The predicted molar refractivity (Wildman–Crippen MR) is 121 cm³/mol. The Bertz CT molecular complexity index is 1350. The highest BCUT2D eigenvalue weighted by Gasteiger charge is 2.08. The molecule has 0 radical (unpaired) electrons. The summed E-state index contributed by atoms with van der Waals surface area (Å²) in [6.45, 7) is 0.517. The van der Waals surface area contributed by atoms with Crippen LogP contribution < -0.4 is 5.32 Å². The number of halogens is 2. The maximum absolute atomic E-state index is 13.5. The third-order valence-corrected chi connectivity index (χ3v) is 5.39. The summed E-state index contributed by atoms with van der Waals surface area (Å²) in [5.74, 6) is 0.525. The monoisotopic (exact) mass is 495 g/mol. The fraction of sp³-hybridized carbons (Fsp3) is 0.0455. The van der Waals surface area contributed by atoms with Gasteiger partial charge in [-0.25, -0.2) is 14.4 Å². The summed E-state index contributed by atoms with van der Waals surface area (Å²) in [5.41, 5.74) is 3.68. The van der Waals surface area contributed by atoms with Crippen LogP contribution in [0.2, 0.25) is 0 Å². The van der Waals surface area contributed by atoms with Gasteiger partial charge in [0.15, 0.2) is 0 Å². The van der Waals surface area contributed by atoms with Gasteiger partial charge in [0.05, 0.1) is 23.8 Å². The number of aromatic nitrogens is 4. The molecule has 0 fully saturated rings. The molecule has 2 aromatic heterocycles. The van der Waals surface area contributed by atoms with E-state index in [-0.39, 0.29) is 5.82 Å². The van der Waals surface area contributed by atoms with Crippen LogP contribution in [0.3, 0.4) is 0 Å². The molecule has 5 rings (SSSR count). The first kappa shape index (κ1) is 18.0. The zero-order chi connectivity index (χ0) is 19.8. The van der Waals surface area contributed by atoms with Gasteiger partial charge in [-0.15, -0.1) is 0 Å². The van der Waals surface area contributed by atoms with Gasteiger partial charge in [-0.05, 0) is 76.7 Å². The average molecular weight is 495 g/mol. The third-order valence-electron chi connectivity index (χ3n) is 4.72. The molecule has 3 aromatic carbocycles. The Morgan fingerprint density at radius 3 is 2.83 bits per heavy atom. The maximum Gasteiger partial charge on any atom is 0.141 e. The second kappa shape index (κ2) is 7.40. The smallest absolute Gasteiger partial charge is 0.141 e. The van der Waals surface area contributed by atoms with Crippen molar-refractivity contribution in [3.05, 3.63) is 88.1 Å². The van der Waals surface area contributed by atoms with E-state index < -0.39 is 0 Å². The van der Waals surface area contributed by atoms with Gasteiger partial charge >= 0.3 is 0 Å². The number of rotatable bonds is 4. The Labute approximate surface area is 179 Å². The number of hydrogen-bond acceptors (Lipinski definition) is 4. The fourth-order valence-corrected chi connectivity index (χ4v) is 3.86. The zero-order valence-corrected chi connectivity index (χ0v) is 17.3. The van der Waals surface area contributed by atoms with Crippen LogP contribution in [0.4, 0.5) is 15.9 Å². The molecule has 0 amide bonds. The number of fused-ring (bicyclic) bond motifs is 2. The molecule has 5 aromatic rings. The van der Waals surface area contributed by atoms with Crippen molar-refractivity contribution < 1.29 is 4.39 Å². The van der Waals surface area contributed by atoms with Crippen molar-refractivity contribution in [2.24, 2.45) is 0 Å². The van der Waals surface area contributed by atoms with Crippen molar-refractivity contribution >= 4 is 55.9 Å². The van der Waals surface area contributed by atoms with Crippen molar-refractivity contribution in [1.29, 1.82) is 0 Å². The van der Waals surface area contributed by atoms with Crippen molar-refractivity contribution in [1.82, 2.24) is 19.7 Å². The molecule has 0 spiro atoms. The molecular formula is C22H15FIN5. The number of nitrogens with zero attached hydrogens (tertiary/aromatic N) is 4. The quantitative estimate of drug-likeness (QED) is 0.334. The molecule has 7 heteroatoms. The maximum atomic E-state index is 13.5. The lowest BCUT2D eigenvalue weighted by Crippen LogP contribution is -2.01. The van der Waals surface area contributed by atoms with Gasteiger partial charge in [-0.3, -0.25) is 4.68 Å². The van der Waals surface area contributed by atoms with Gasteiger partial charge in [0, 0.05) is 20.0 Å². The first-order valence-corrected chi connectivity index (χ1v) is 10.1. The lowest BCUT2D eigenvalue weighted by molar-refractivity contribution is 0.621. The molecule has 142 valence electrons. The molecule has 0 bridgehead atoms. The fourth-order valence-electron chi connectivity index (χ4n) is 3.36. The number of anilines is 2. The first-order valence-electron chi connectivity index (χ1n) is 9.03. The Kier molecular flexibility index (Phi) is 4.59. The summed E-state index contributed by atoms with van der Waals surface area (Å²) in [6.07, 6.45) is 3.38. The minimum Gasteiger partial charge on any atom is -0.340 e. The lowest BCUT2D eigenvalue weighted by atomic mass is 10.2. The topological polar surface area (TPSA) is 55.6 Å². The van der Waals surface area contributed by atoms with Gasteiger partial charge in [0.2, 0.25) is 0 Å². The molecule has 0 aliphatic carbocycles. The lowest BCUT2D eigenvalue weighted by Gasteiger charge is -2.09. The first-order chi connectivity index (χ1) is 14.2. The van der Waals surface area contributed by atoms with Gasteiger partial charge in [-0.2, -0.15) is 5.10 Å². The van der Waals surface area contributed by atoms with Gasteiger partial charge in [0.25, 0.3) is 0 Å². The minimum absolute atomic E-state index is 0.239. The Balaban J connectivity index is 1.46. The van der Waals surface area contributed by atoms with Crippen molar-refractivity contribution in [2.45, 2.75) is 6.54 Å². The minimum atomic E-state index is -0.239. The van der Waals surface area contributed by atoms with Gasteiger partial charge in [-0.1, -0.05) is 12.1 Å². The van der Waals surface area contributed by atoms with Crippen LogP contribution in [0.15, 0.2) is 73.2 Å². The van der Waals surface area contributed by atoms with Crippen molar-refractivity contribution in [2.75, 3.05) is 5.32 Å². The van der Waals surface area contributed by atoms with Gasteiger partial charge in [0.1, 0.15) is 18.0 Å². The second-order valence-electron chi connectivity index (χ2n) is 6.71. The van der Waals surface area contributed by atoms with Crippen LogP contribution in [0.25, 0.3) is 21.8 Å². The molecule has 0 unspecified atom stereocenters. The van der Waals surface area contributed by atoms with E-state index in [9.17, 15) is 4.39 Å². The van der Waals surface area contributed by atoms with Crippen LogP contribution in [0, 0.1) is 9.39 Å². The summed E-state index contributed by atoms with van der Waals surface area (Å²) in [5, 5.41) is 9.83. The normalized spacial score (nSPS) is 11.2. The van der Waals surface area contributed by atoms with Crippen LogP contribution in [0.5, 0.6) is 0 Å². The molecular weight excluding hydrogens is 480 g/mol. The molecule has 5 nitrogen and oxygen atoms in total. The molecule has 1 N–H and O–H groups in total. The third kappa shape index (κ3) is 3.65. The second-order valence-corrected chi connectivity index (χ2v) is 7.96. The van der Waals surface area contributed by atoms with Crippen LogP contribution >= 0.6 is 22.6 Å². The number of hydrogen-bond donors (Lipinski definition) is 1. The van der Waals surface area contributed by atoms with E-state index in [2.05, 4.69) is 49.0 Å². The van der Waals surface area contributed by atoms with Crippen molar-refractivity contribution in [3.63, 3.8) is 0 Å². The summed E-state index contributed by atoms with van der Waals surface area (Å²) in [7, 11) is 0. The predicted octanol–water partition coefficient (Wildman–Crippen LogP) is 5.52. The van der Waals surface area contributed by atoms with Crippen LogP contribution in [-0.4, -0.2) is 19.7 Å². The SMILES string of the molecule is Fc1cccc(Cn2ncc3cc(Nc4ncnc5ccc(I)cc45)ccc32)c1. The van der Waals surface area contributed by atoms with E-state index in [4.69, 9.17) is 0 Å². The number of benzene rings is 3. The van der Waals surface area contributed by atoms with Crippen LogP contribution in [-0.2, 0) is 6.54 Å². The summed E-state index contributed by atoms with van der Waals surface area (Å²) in [6, 6.07) is 18.7. The van der Waals surface area contributed by atoms with E-state index in [0.29, 0.717) is 6.54 Å². The summed E-state index contributed by atoms with van der Waals surface area (Å²) in [4.78, 5) is 8.74. The zero-order valence-electron chi connectivity index (χ0n) is 15.2. The largest absolute Gasteiger partial charge is 0.340 e. The van der Waals surface area contributed by atoms with Crippen molar-refractivity contribution in [3.8, 4) is 0 Å². The van der Waals surface area contributed by atoms with E-state index in [1.54, 1.807) is 12.4 Å². The highest BCUT2D eigenvalue weighted by atomic mass is 127. The van der Waals surface area contributed by atoms with E-state index >= 15 is 0 Å².